The number of nitrogens with zero attached hydrogens (tertiary/aromatic N) is 4. The number of hydrogen-bond acceptors (Lipinski definition) is 3. The fraction of sp³-hybridized carbons (Fsp3) is 0.533. The molecule has 3 rings (SSSR count). The highest BCUT2D eigenvalue weighted by molar-refractivity contribution is 5.55. The Labute approximate surface area is 113 Å². The van der Waals surface area contributed by atoms with Crippen LogP contribution in [0.1, 0.15) is 38.2 Å². The van der Waals surface area contributed by atoms with Crippen molar-refractivity contribution < 1.29 is 0 Å². The van der Waals surface area contributed by atoms with Crippen LogP contribution in [0.25, 0.3) is 11.4 Å². The number of tetrazole rings is 1. The molecule has 1 heterocycles. The highest BCUT2D eigenvalue weighted by Crippen LogP contribution is 2.40. The summed E-state index contributed by atoms with van der Waals surface area (Å²) in [6.07, 6.45) is 6.62. The van der Waals surface area contributed by atoms with Crippen molar-refractivity contribution in [1.82, 2.24) is 20.2 Å². The minimum Gasteiger partial charge on any atom is -0.229 e. The minimum absolute atomic E-state index is 0.483. The van der Waals surface area contributed by atoms with Crippen molar-refractivity contribution in [2.75, 3.05) is 0 Å². The third-order valence-electron chi connectivity index (χ3n) is 4.25. The molecule has 0 saturated heterocycles. The van der Waals surface area contributed by atoms with E-state index in [0.717, 1.165) is 17.8 Å². The monoisotopic (exact) mass is 256 g/mol. The maximum absolute atomic E-state index is 4.08. The van der Waals surface area contributed by atoms with Crippen LogP contribution in [0.15, 0.2) is 24.3 Å². The lowest BCUT2D eigenvalue weighted by Crippen LogP contribution is -2.14. The van der Waals surface area contributed by atoms with Crippen molar-refractivity contribution in [2.24, 2.45) is 12.5 Å². The SMILES string of the molecule is Cn1nnnc1-c1cccc(CC2(C)CCCC2)c1. The first-order chi connectivity index (χ1) is 9.16. The largest absolute Gasteiger partial charge is 0.229 e. The van der Waals surface area contributed by atoms with Gasteiger partial charge in [-0.15, -0.1) is 5.10 Å². The molecule has 4 nitrogen and oxygen atoms in total. The van der Waals surface area contributed by atoms with Crippen LogP contribution in [0.5, 0.6) is 0 Å². The molecule has 0 N–H and O–H groups in total. The molecule has 100 valence electrons. The quantitative estimate of drug-likeness (QED) is 0.848. The van der Waals surface area contributed by atoms with Gasteiger partial charge in [0.1, 0.15) is 0 Å². The number of aromatic nitrogens is 4. The highest BCUT2D eigenvalue weighted by atomic mass is 15.5. The smallest absolute Gasteiger partial charge is 0.181 e. The molecule has 2 aromatic rings. The Morgan fingerprint density at radius 3 is 2.74 bits per heavy atom. The first-order valence-corrected chi connectivity index (χ1v) is 6.98. The van der Waals surface area contributed by atoms with Crippen LogP contribution < -0.4 is 0 Å². The van der Waals surface area contributed by atoms with Gasteiger partial charge in [0, 0.05) is 12.6 Å². The molecule has 0 atom stereocenters. The zero-order valence-electron chi connectivity index (χ0n) is 11.6. The van der Waals surface area contributed by atoms with E-state index in [4.69, 9.17) is 0 Å². The number of hydrogen-bond donors (Lipinski definition) is 0. The molecule has 1 aromatic carbocycles. The van der Waals surface area contributed by atoms with E-state index in [-0.39, 0.29) is 0 Å². The van der Waals surface area contributed by atoms with E-state index in [2.05, 4.69) is 46.7 Å². The summed E-state index contributed by atoms with van der Waals surface area (Å²) >= 11 is 0. The molecule has 0 unspecified atom stereocenters. The van der Waals surface area contributed by atoms with Gasteiger partial charge in [0.05, 0.1) is 0 Å². The van der Waals surface area contributed by atoms with Crippen LogP contribution in [0, 0.1) is 5.41 Å². The minimum atomic E-state index is 0.483. The Morgan fingerprint density at radius 1 is 1.26 bits per heavy atom. The van der Waals surface area contributed by atoms with Gasteiger partial charge in [-0.05, 0) is 46.7 Å². The van der Waals surface area contributed by atoms with Gasteiger partial charge in [-0.3, -0.25) is 0 Å². The lowest BCUT2D eigenvalue weighted by atomic mass is 9.82. The normalized spacial score (nSPS) is 17.8. The Morgan fingerprint density at radius 2 is 2.05 bits per heavy atom. The molecule has 1 saturated carbocycles. The second-order valence-electron chi connectivity index (χ2n) is 6.02. The standard InChI is InChI=1S/C15H20N4/c1-15(8-3-4-9-15)11-12-6-5-7-13(10-12)14-16-17-18-19(14)2/h5-7,10H,3-4,8-9,11H2,1-2H3. The number of benzene rings is 1. The van der Waals surface area contributed by atoms with Crippen LogP contribution in [0.2, 0.25) is 0 Å². The first kappa shape index (κ1) is 12.3. The summed E-state index contributed by atoms with van der Waals surface area (Å²) in [6.45, 7) is 2.41. The van der Waals surface area contributed by atoms with Crippen molar-refractivity contribution in [3.05, 3.63) is 29.8 Å². The molecule has 0 amide bonds. The third-order valence-corrected chi connectivity index (χ3v) is 4.25. The summed E-state index contributed by atoms with van der Waals surface area (Å²) < 4.78 is 1.72. The molecule has 0 aliphatic heterocycles. The first-order valence-electron chi connectivity index (χ1n) is 6.98. The molecule has 0 radical (unpaired) electrons. The van der Waals surface area contributed by atoms with E-state index in [1.165, 1.54) is 31.2 Å². The summed E-state index contributed by atoms with van der Waals surface area (Å²) in [5.74, 6) is 0.832. The number of aryl methyl sites for hydroxylation is 1. The maximum atomic E-state index is 4.08. The van der Waals surface area contributed by atoms with Crippen LogP contribution in [-0.4, -0.2) is 20.2 Å². The van der Waals surface area contributed by atoms with Gasteiger partial charge in [0.25, 0.3) is 0 Å². The van der Waals surface area contributed by atoms with E-state index in [1.807, 2.05) is 7.05 Å². The van der Waals surface area contributed by atoms with Crippen LogP contribution in [-0.2, 0) is 13.5 Å². The van der Waals surface area contributed by atoms with Crippen molar-refractivity contribution in [1.29, 1.82) is 0 Å². The molecule has 4 heteroatoms. The summed E-state index contributed by atoms with van der Waals surface area (Å²) in [4.78, 5) is 0. The zero-order chi connectivity index (χ0) is 13.3. The Bertz CT molecular complexity index is 567. The second-order valence-corrected chi connectivity index (χ2v) is 6.02. The van der Waals surface area contributed by atoms with Gasteiger partial charge < -0.3 is 0 Å². The summed E-state index contributed by atoms with van der Waals surface area (Å²) in [5, 5.41) is 11.7. The molecular formula is C15H20N4. The fourth-order valence-electron chi connectivity index (χ4n) is 3.19. The predicted octanol–water partition coefficient (Wildman–Crippen LogP) is 3.00. The van der Waals surface area contributed by atoms with Gasteiger partial charge in [0.15, 0.2) is 5.82 Å². The van der Waals surface area contributed by atoms with Crippen molar-refractivity contribution in [3.8, 4) is 11.4 Å². The van der Waals surface area contributed by atoms with Crippen molar-refractivity contribution in [2.45, 2.75) is 39.0 Å². The molecule has 1 aliphatic rings. The van der Waals surface area contributed by atoms with E-state index in [0.29, 0.717) is 5.41 Å². The van der Waals surface area contributed by atoms with E-state index < -0.39 is 0 Å². The third kappa shape index (κ3) is 2.53. The lowest BCUT2D eigenvalue weighted by molar-refractivity contribution is 0.334. The summed E-state index contributed by atoms with van der Waals surface area (Å²) in [5.41, 5.74) is 2.98. The van der Waals surface area contributed by atoms with Crippen LogP contribution >= 0.6 is 0 Å². The van der Waals surface area contributed by atoms with Gasteiger partial charge in [0.2, 0.25) is 0 Å². The molecule has 0 bridgehead atoms. The topological polar surface area (TPSA) is 43.6 Å². The summed E-state index contributed by atoms with van der Waals surface area (Å²) in [7, 11) is 1.88. The Balaban J connectivity index is 1.86. The molecule has 1 aromatic heterocycles. The Kier molecular flexibility index (Phi) is 3.09. The van der Waals surface area contributed by atoms with Gasteiger partial charge >= 0.3 is 0 Å². The maximum Gasteiger partial charge on any atom is 0.181 e. The molecular weight excluding hydrogens is 236 g/mol. The van der Waals surface area contributed by atoms with Gasteiger partial charge in [-0.25, -0.2) is 4.68 Å². The summed E-state index contributed by atoms with van der Waals surface area (Å²) in [6, 6.07) is 8.63. The van der Waals surface area contributed by atoms with Gasteiger partial charge in [-0.1, -0.05) is 38.0 Å². The van der Waals surface area contributed by atoms with Crippen molar-refractivity contribution in [3.63, 3.8) is 0 Å². The van der Waals surface area contributed by atoms with Crippen LogP contribution in [0.3, 0.4) is 0 Å². The molecule has 1 fully saturated rings. The molecule has 1 aliphatic carbocycles. The molecule has 0 spiro atoms. The predicted molar refractivity (Wildman–Crippen MR) is 74.5 cm³/mol. The van der Waals surface area contributed by atoms with E-state index in [9.17, 15) is 0 Å². The zero-order valence-corrected chi connectivity index (χ0v) is 11.6. The second kappa shape index (κ2) is 4.76. The van der Waals surface area contributed by atoms with E-state index >= 15 is 0 Å². The van der Waals surface area contributed by atoms with Gasteiger partial charge in [-0.2, -0.15) is 0 Å². The average molecular weight is 256 g/mol. The van der Waals surface area contributed by atoms with Crippen LogP contribution in [0.4, 0.5) is 0 Å². The number of rotatable bonds is 3. The fourth-order valence-corrected chi connectivity index (χ4v) is 3.19. The molecule has 19 heavy (non-hydrogen) atoms. The Hall–Kier alpha value is -1.71. The van der Waals surface area contributed by atoms with Crippen molar-refractivity contribution >= 4 is 0 Å². The van der Waals surface area contributed by atoms with E-state index in [1.54, 1.807) is 4.68 Å². The lowest BCUT2D eigenvalue weighted by Gasteiger charge is -2.23. The highest BCUT2D eigenvalue weighted by Gasteiger charge is 2.28. The average Bonchev–Trinajstić information content (AvgIpc) is 2.99.